The minimum atomic E-state index is -3.51. The van der Waals surface area contributed by atoms with Crippen LogP contribution in [0.3, 0.4) is 0 Å². The Morgan fingerprint density at radius 1 is 1.32 bits per heavy atom. The second kappa shape index (κ2) is 7.24. The summed E-state index contributed by atoms with van der Waals surface area (Å²) in [7, 11) is -3.51. The van der Waals surface area contributed by atoms with Gasteiger partial charge in [-0.05, 0) is 30.2 Å². The summed E-state index contributed by atoms with van der Waals surface area (Å²) in [5.41, 5.74) is 0.425. The van der Waals surface area contributed by atoms with Crippen LogP contribution in [-0.4, -0.2) is 30.9 Å². The number of unbranched alkanes of at least 4 members (excludes halogenated alkanes) is 1. The molecule has 4 nitrogen and oxygen atoms in total. The SMILES string of the molecule is CCCCN(CC)S(=O)(=O)c1ccc(Cl)c(CO)c1. The van der Waals surface area contributed by atoms with Crippen molar-refractivity contribution in [1.82, 2.24) is 4.31 Å². The molecular formula is C13H20ClNO3S. The van der Waals surface area contributed by atoms with E-state index in [0.29, 0.717) is 23.7 Å². The second-order valence-corrected chi connectivity index (χ2v) is 6.61. The summed E-state index contributed by atoms with van der Waals surface area (Å²) in [5, 5.41) is 9.53. The van der Waals surface area contributed by atoms with Crippen molar-refractivity contribution in [2.24, 2.45) is 0 Å². The highest BCUT2D eigenvalue weighted by Crippen LogP contribution is 2.23. The lowest BCUT2D eigenvalue weighted by molar-refractivity contribution is 0.281. The summed E-state index contributed by atoms with van der Waals surface area (Å²) in [4.78, 5) is 0.180. The van der Waals surface area contributed by atoms with Crippen molar-refractivity contribution < 1.29 is 13.5 Å². The van der Waals surface area contributed by atoms with Gasteiger partial charge in [0.15, 0.2) is 0 Å². The molecule has 0 saturated heterocycles. The zero-order chi connectivity index (χ0) is 14.5. The van der Waals surface area contributed by atoms with E-state index in [4.69, 9.17) is 16.7 Å². The van der Waals surface area contributed by atoms with Crippen molar-refractivity contribution >= 4 is 21.6 Å². The van der Waals surface area contributed by atoms with E-state index >= 15 is 0 Å². The summed E-state index contributed by atoms with van der Waals surface area (Å²) < 4.78 is 26.3. The van der Waals surface area contributed by atoms with Gasteiger partial charge >= 0.3 is 0 Å². The van der Waals surface area contributed by atoms with E-state index in [2.05, 4.69) is 0 Å². The molecule has 0 amide bonds. The maximum absolute atomic E-state index is 12.4. The molecule has 0 bridgehead atoms. The van der Waals surface area contributed by atoms with Crippen LogP contribution in [0, 0.1) is 0 Å². The Labute approximate surface area is 120 Å². The Balaban J connectivity index is 3.11. The predicted molar refractivity (Wildman–Crippen MR) is 76.7 cm³/mol. The molecule has 108 valence electrons. The molecule has 1 aromatic rings. The molecule has 0 aliphatic heterocycles. The molecule has 0 saturated carbocycles. The van der Waals surface area contributed by atoms with E-state index in [1.165, 1.54) is 22.5 Å². The van der Waals surface area contributed by atoms with Crippen molar-refractivity contribution in [2.75, 3.05) is 13.1 Å². The van der Waals surface area contributed by atoms with E-state index < -0.39 is 10.0 Å². The molecule has 1 N–H and O–H groups in total. The molecule has 0 atom stereocenters. The fraction of sp³-hybridized carbons (Fsp3) is 0.538. The second-order valence-electron chi connectivity index (χ2n) is 4.26. The highest BCUT2D eigenvalue weighted by Gasteiger charge is 2.23. The third-order valence-electron chi connectivity index (χ3n) is 2.94. The average Bonchev–Trinajstić information content (AvgIpc) is 2.39. The van der Waals surface area contributed by atoms with Gasteiger partial charge in [0.2, 0.25) is 10.0 Å². The van der Waals surface area contributed by atoms with Crippen molar-refractivity contribution in [3.63, 3.8) is 0 Å². The zero-order valence-corrected chi connectivity index (χ0v) is 12.8. The van der Waals surface area contributed by atoms with Crippen LogP contribution in [0.25, 0.3) is 0 Å². The molecule has 0 aliphatic rings. The van der Waals surface area contributed by atoms with Gasteiger partial charge in [0.1, 0.15) is 0 Å². The Bertz CT molecular complexity index is 517. The summed E-state index contributed by atoms with van der Waals surface area (Å²) in [6, 6.07) is 4.42. The largest absolute Gasteiger partial charge is 0.392 e. The first-order valence-corrected chi connectivity index (χ1v) is 8.18. The van der Waals surface area contributed by atoms with Crippen LogP contribution in [0.15, 0.2) is 23.1 Å². The number of benzene rings is 1. The quantitative estimate of drug-likeness (QED) is 0.842. The molecule has 0 unspecified atom stereocenters. The van der Waals surface area contributed by atoms with Crippen LogP contribution in [0.5, 0.6) is 0 Å². The first-order chi connectivity index (χ1) is 8.97. The number of sulfonamides is 1. The van der Waals surface area contributed by atoms with Gasteiger partial charge in [0.05, 0.1) is 11.5 Å². The third-order valence-corrected chi connectivity index (χ3v) is 5.28. The van der Waals surface area contributed by atoms with Gasteiger partial charge in [0.25, 0.3) is 0 Å². The van der Waals surface area contributed by atoms with Crippen LogP contribution in [0.1, 0.15) is 32.3 Å². The van der Waals surface area contributed by atoms with E-state index in [9.17, 15) is 8.42 Å². The molecule has 0 fully saturated rings. The molecule has 1 aromatic carbocycles. The maximum Gasteiger partial charge on any atom is 0.243 e. The van der Waals surface area contributed by atoms with Gasteiger partial charge in [0, 0.05) is 18.1 Å². The Hall–Kier alpha value is -0.620. The van der Waals surface area contributed by atoms with Gasteiger partial charge in [-0.1, -0.05) is 31.9 Å². The van der Waals surface area contributed by atoms with Crippen LogP contribution < -0.4 is 0 Å². The molecule has 0 aliphatic carbocycles. The Morgan fingerprint density at radius 2 is 2.00 bits per heavy atom. The highest BCUT2D eigenvalue weighted by molar-refractivity contribution is 7.89. The van der Waals surface area contributed by atoms with Crippen molar-refractivity contribution in [2.45, 2.75) is 38.2 Å². The average molecular weight is 306 g/mol. The number of halogens is 1. The van der Waals surface area contributed by atoms with Crippen molar-refractivity contribution in [3.8, 4) is 0 Å². The van der Waals surface area contributed by atoms with E-state index in [-0.39, 0.29) is 11.5 Å². The lowest BCUT2D eigenvalue weighted by Gasteiger charge is -2.20. The molecule has 19 heavy (non-hydrogen) atoms. The summed E-state index contributed by atoms with van der Waals surface area (Å²) in [6.45, 7) is 4.50. The maximum atomic E-state index is 12.4. The van der Waals surface area contributed by atoms with Crippen molar-refractivity contribution in [3.05, 3.63) is 28.8 Å². The van der Waals surface area contributed by atoms with Gasteiger partial charge in [-0.3, -0.25) is 0 Å². The number of hydrogen-bond donors (Lipinski definition) is 1. The summed E-state index contributed by atoms with van der Waals surface area (Å²) >= 11 is 5.88. The Kier molecular flexibility index (Phi) is 6.26. The van der Waals surface area contributed by atoms with E-state index in [1.54, 1.807) is 0 Å². The van der Waals surface area contributed by atoms with Gasteiger partial charge in [-0.15, -0.1) is 0 Å². The van der Waals surface area contributed by atoms with Gasteiger partial charge in [-0.2, -0.15) is 4.31 Å². The lowest BCUT2D eigenvalue weighted by atomic mass is 10.2. The fourth-order valence-electron chi connectivity index (χ4n) is 1.76. The number of aliphatic hydroxyl groups is 1. The molecule has 0 aromatic heterocycles. The fourth-order valence-corrected chi connectivity index (χ4v) is 3.48. The van der Waals surface area contributed by atoms with Crippen LogP contribution in [0.2, 0.25) is 5.02 Å². The minimum absolute atomic E-state index is 0.180. The highest BCUT2D eigenvalue weighted by atomic mass is 35.5. The topological polar surface area (TPSA) is 57.6 Å². The van der Waals surface area contributed by atoms with Gasteiger partial charge < -0.3 is 5.11 Å². The summed E-state index contributed by atoms with van der Waals surface area (Å²) in [5.74, 6) is 0. The zero-order valence-electron chi connectivity index (χ0n) is 11.3. The van der Waals surface area contributed by atoms with Gasteiger partial charge in [-0.25, -0.2) is 8.42 Å². The van der Waals surface area contributed by atoms with E-state index in [1.807, 2.05) is 13.8 Å². The Morgan fingerprint density at radius 3 is 2.53 bits per heavy atom. The monoisotopic (exact) mass is 305 g/mol. The third kappa shape index (κ3) is 3.92. The standard InChI is InChI=1S/C13H20ClNO3S/c1-3-5-8-15(4-2)19(17,18)12-6-7-13(14)11(9-12)10-16/h6-7,9,16H,3-5,8,10H2,1-2H3. The molecule has 0 spiro atoms. The normalized spacial score (nSPS) is 12.1. The lowest BCUT2D eigenvalue weighted by Crippen LogP contribution is -2.31. The van der Waals surface area contributed by atoms with Crippen LogP contribution in [0.4, 0.5) is 0 Å². The molecule has 0 radical (unpaired) electrons. The first kappa shape index (κ1) is 16.4. The number of rotatable bonds is 7. The number of nitrogens with zero attached hydrogens (tertiary/aromatic N) is 1. The molecular weight excluding hydrogens is 286 g/mol. The summed E-state index contributed by atoms with van der Waals surface area (Å²) in [6.07, 6.45) is 1.77. The van der Waals surface area contributed by atoms with E-state index in [0.717, 1.165) is 12.8 Å². The molecule has 1 rings (SSSR count). The molecule has 6 heteroatoms. The first-order valence-electron chi connectivity index (χ1n) is 6.36. The predicted octanol–water partition coefficient (Wildman–Crippen LogP) is 2.64. The minimum Gasteiger partial charge on any atom is -0.392 e. The number of aliphatic hydroxyl groups excluding tert-OH is 1. The smallest absolute Gasteiger partial charge is 0.243 e. The molecule has 0 heterocycles. The van der Waals surface area contributed by atoms with Crippen molar-refractivity contribution in [1.29, 1.82) is 0 Å². The number of hydrogen-bond acceptors (Lipinski definition) is 3. The van der Waals surface area contributed by atoms with Crippen LogP contribution in [-0.2, 0) is 16.6 Å². The van der Waals surface area contributed by atoms with Crippen LogP contribution >= 0.6 is 11.6 Å².